The molecule has 4 rings (SSSR count). The highest BCUT2D eigenvalue weighted by Crippen LogP contribution is 2.35. The van der Waals surface area contributed by atoms with Crippen LogP contribution in [-0.2, 0) is 4.79 Å². The Morgan fingerprint density at radius 3 is 2.59 bits per heavy atom. The van der Waals surface area contributed by atoms with E-state index in [1.807, 2.05) is 38.1 Å². The number of rotatable bonds is 8. The van der Waals surface area contributed by atoms with Crippen LogP contribution in [0.4, 0.5) is 4.79 Å². The minimum atomic E-state index is -0.617. The Kier molecular flexibility index (Phi) is 7.23. The van der Waals surface area contributed by atoms with Crippen molar-refractivity contribution < 1.29 is 19.4 Å². The molecule has 2 bridgehead atoms. The third-order valence-electron chi connectivity index (χ3n) is 6.94. The summed E-state index contributed by atoms with van der Waals surface area (Å²) in [5.74, 6) is 0.0210. The fourth-order valence-electron chi connectivity index (χ4n) is 5.51. The minimum Gasteiger partial charge on any atom is -0.404 e. The predicted molar refractivity (Wildman–Crippen MR) is 129 cm³/mol. The molecule has 1 aromatic heterocycles. The molecule has 2 N–H and O–H groups in total. The Balaban J connectivity index is 1.40. The van der Waals surface area contributed by atoms with Crippen LogP contribution in [0.5, 0.6) is 5.75 Å². The van der Waals surface area contributed by atoms with Gasteiger partial charge in [-0.2, -0.15) is 0 Å². The lowest BCUT2D eigenvalue weighted by atomic mass is 9.97. The standard InChI is InChI=1S/C25H34N4O5/c1-16(2)29-22-7-5-4-6-17(22)10-23(24(29)32)34-25(33)26-18-11-19-8-9-20(12-18)28(19)14-21(31)13-27(3)15-30/h4-7,10,15-16,18-21,31H,8-9,11-14H2,1-3H3,(H,26,33)/t18-,19-,20+,21-/m0/s1. The Morgan fingerprint density at radius 1 is 1.26 bits per heavy atom. The average molecular weight is 471 g/mol. The molecule has 0 spiro atoms. The van der Waals surface area contributed by atoms with Crippen molar-refractivity contribution in [2.24, 2.45) is 0 Å². The number of carbonyl (C=O) groups is 2. The maximum absolute atomic E-state index is 13.0. The number of hydrogen-bond acceptors (Lipinski definition) is 6. The molecule has 3 heterocycles. The van der Waals surface area contributed by atoms with E-state index in [4.69, 9.17) is 4.74 Å². The first-order valence-corrected chi connectivity index (χ1v) is 12.0. The number of aliphatic hydroxyl groups excluding tert-OH is 1. The highest BCUT2D eigenvalue weighted by Gasteiger charge is 2.41. The second-order valence-electron chi connectivity index (χ2n) is 9.82. The van der Waals surface area contributed by atoms with Crippen LogP contribution in [0, 0.1) is 0 Å². The molecule has 184 valence electrons. The smallest absolute Gasteiger partial charge is 0.404 e. The van der Waals surface area contributed by atoms with Gasteiger partial charge in [-0.1, -0.05) is 18.2 Å². The van der Waals surface area contributed by atoms with E-state index in [0.717, 1.165) is 36.6 Å². The number of likely N-dealkylation sites (N-methyl/N-ethyl adjacent to an activating group) is 1. The monoisotopic (exact) mass is 470 g/mol. The summed E-state index contributed by atoms with van der Waals surface area (Å²) in [6, 6.07) is 9.57. The van der Waals surface area contributed by atoms with Crippen LogP contribution in [0.2, 0.25) is 0 Å². The van der Waals surface area contributed by atoms with Crippen molar-refractivity contribution >= 4 is 23.4 Å². The molecule has 0 radical (unpaired) electrons. The number of piperidine rings is 1. The fourth-order valence-corrected chi connectivity index (χ4v) is 5.51. The molecule has 2 aliphatic rings. The highest BCUT2D eigenvalue weighted by atomic mass is 16.6. The first-order chi connectivity index (χ1) is 16.3. The molecule has 2 aromatic rings. The number of aliphatic hydroxyl groups is 1. The molecular weight excluding hydrogens is 436 g/mol. The summed E-state index contributed by atoms with van der Waals surface area (Å²) < 4.78 is 7.15. The third kappa shape index (κ3) is 5.10. The van der Waals surface area contributed by atoms with Crippen molar-refractivity contribution in [2.45, 2.75) is 69.8 Å². The van der Waals surface area contributed by atoms with Crippen LogP contribution < -0.4 is 15.6 Å². The Labute approximate surface area is 199 Å². The van der Waals surface area contributed by atoms with Crippen LogP contribution in [0.25, 0.3) is 10.9 Å². The highest BCUT2D eigenvalue weighted by molar-refractivity contribution is 5.81. The molecule has 1 aromatic carbocycles. The number of pyridine rings is 1. The zero-order chi connectivity index (χ0) is 24.4. The van der Waals surface area contributed by atoms with Gasteiger partial charge in [0.05, 0.1) is 11.6 Å². The average Bonchev–Trinajstić information content (AvgIpc) is 3.01. The van der Waals surface area contributed by atoms with Crippen molar-refractivity contribution in [1.29, 1.82) is 0 Å². The Morgan fingerprint density at radius 2 is 1.94 bits per heavy atom. The Bertz CT molecular complexity index is 1090. The van der Waals surface area contributed by atoms with E-state index >= 15 is 0 Å². The number of aromatic nitrogens is 1. The summed E-state index contributed by atoms with van der Waals surface area (Å²) in [5.41, 5.74) is 0.480. The number of ether oxygens (including phenoxy) is 1. The molecule has 2 amide bonds. The third-order valence-corrected chi connectivity index (χ3v) is 6.94. The van der Waals surface area contributed by atoms with Crippen molar-refractivity contribution in [1.82, 2.24) is 19.7 Å². The van der Waals surface area contributed by atoms with Gasteiger partial charge in [-0.25, -0.2) is 4.79 Å². The summed E-state index contributed by atoms with van der Waals surface area (Å²) in [4.78, 5) is 40.3. The largest absolute Gasteiger partial charge is 0.413 e. The van der Waals surface area contributed by atoms with Crippen LogP contribution in [0.3, 0.4) is 0 Å². The number of fused-ring (bicyclic) bond motifs is 3. The van der Waals surface area contributed by atoms with E-state index in [-0.39, 0.29) is 35.5 Å². The minimum absolute atomic E-state index is 0.0210. The molecule has 0 aliphatic carbocycles. The van der Waals surface area contributed by atoms with Gasteiger partial charge in [0.25, 0.3) is 5.56 Å². The van der Waals surface area contributed by atoms with Gasteiger partial charge in [-0.3, -0.25) is 14.5 Å². The van der Waals surface area contributed by atoms with Gasteiger partial charge >= 0.3 is 6.09 Å². The molecular formula is C25H34N4O5. The van der Waals surface area contributed by atoms with Gasteiger partial charge < -0.3 is 24.6 Å². The van der Waals surface area contributed by atoms with E-state index in [2.05, 4.69) is 10.2 Å². The van der Waals surface area contributed by atoms with Gasteiger partial charge in [-0.15, -0.1) is 0 Å². The molecule has 9 heteroatoms. The van der Waals surface area contributed by atoms with E-state index in [9.17, 15) is 19.5 Å². The van der Waals surface area contributed by atoms with Crippen molar-refractivity contribution in [3.05, 3.63) is 40.7 Å². The second-order valence-corrected chi connectivity index (χ2v) is 9.82. The number of amides is 2. The van der Waals surface area contributed by atoms with Gasteiger partial charge in [0.1, 0.15) is 0 Å². The number of nitrogens with zero attached hydrogens (tertiary/aromatic N) is 3. The van der Waals surface area contributed by atoms with Gasteiger partial charge in [0.2, 0.25) is 6.41 Å². The van der Waals surface area contributed by atoms with Crippen LogP contribution >= 0.6 is 0 Å². The SMILES string of the molecule is CC(C)n1c(=O)c(OC(=O)N[C@@H]2C[C@H]3CC[C@@H](C2)N3C[C@@H](O)CN(C)C=O)cc2ccccc21. The second kappa shape index (κ2) is 10.1. The van der Waals surface area contributed by atoms with E-state index in [1.54, 1.807) is 17.7 Å². The molecule has 4 atom stereocenters. The van der Waals surface area contributed by atoms with E-state index in [1.165, 1.54) is 4.90 Å². The summed E-state index contributed by atoms with van der Waals surface area (Å²) in [7, 11) is 1.65. The van der Waals surface area contributed by atoms with Crippen molar-refractivity contribution in [2.75, 3.05) is 20.1 Å². The maximum atomic E-state index is 13.0. The van der Waals surface area contributed by atoms with Gasteiger partial charge in [0, 0.05) is 49.7 Å². The molecule has 0 unspecified atom stereocenters. The number of nitrogens with one attached hydrogen (secondary N) is 1. The number of hydrogen-bond donors (Lipinski definition) is 2. The summed E-state index contributed by atoms with van der Waals surface area (Å²) in [5, 5.41) is 14.1. The lowest BCUT2D eigenvalue weighted by Crippen LogP contribution is -2.53. The lowest BCUT2D eigenvalue weighted by Gasteiger charge is -2.40. The topological polar surface area (TPSA) is 104 Å². The maximum Gasteiger partial charge on any atom is 0.413 e. The lowest BCUT2D eigenvalue weighted by molar-refractivity contribution is -0.118. The number of carbonyl (C=O) groups excluding carboxylic acids is 2. The van der Waals surface area contributed by atoms with E-state index < -0.39 is 12.2 Å². The van der Waals surface area contributed by atoms with Gasteiger partial charge in [0.15, 0.2) is 5.75 Å². The molecule has 9 nitrogen and oxygen atoms in total. The summed E-state index contributed by atoms with van der Waals surface area (Å²) >= 11 is 0. The molecule has 0 saturated carbocycles. The van der Waals surface area contributed by atoms with Crippen LogP contribution in [-0.4, -0.2) is 76.3 Å². The van der Waals surface area contributed by atoms with Gasteiger partial charge in [-0.05, 0) is 51.7 Å². The summed E-state index contributed by atoms with van der Waals surface area (Å²) in [6.07, 6.45) is 3.03. The zero-order valence-electron chi connectivity index (χ0n) is 20.0. The van der Waals surface area contributed by atoms with Crippen molar-refractivity contribution in [3.63, 3.8) is 0 Å². The first-order valence-electron chi connectivity index (χ1n) is 12.0. The van der Waals surface area contributed by atoms with Crippen LogP contribution in [0.15, 0.2) is 35.1 Å². The van der Waals surface area contributed by atoms with Crippen LogP contribution in [0.1, 0.15) is 45.6 Å². The summed E-state index contributed by atoms with van der Waals surface area (Å²) in [6.45, 7) is 4.66. The molecule has 34 heavy (non-hydrogen) atoms. The predicted octanol–water partition coefficient (Wildman–Crippen LogP) is 2.12. The fraction of sp³-hybridized carbons (Fsp3) is 0.560. The molecule has 2 saturated heterocycles. The normalized spacial score (nSPS) is 23.1. The first kappa shape index (κ1) is 24.2. The van der Waals surface area contributed by atoms with E-state index in [0.29, 0.717) is 19.5 Å². The van der Waals surface area contributed by atoms with Crippen molar-refractivity contribution in [3.8, 4) is 5.75 Å². The zero-order valence-corrected chi connectivity index (χ0v) is 20.0. The Hall–Kier alpha value is -2.91. The number of benzene rings is 1. The number of para-hydroxylation sites is 1. The quantitative estimate of drug-likeness (QED) is 0.573. The molecule has 2 aliphatic heterocycles. The molecule has 2 fully saturated rings.